The van der Waals surface area contributed by atoms with Crippen molar-refractivity contribution in [3.8, 4) is 0 Å². The molecule has 39 heavy (non-hydrogen) atoms. The summed E-state index contributed by atoms with van der Waals surface area (Å²) < 4.78 is 34.1. The molecule has 7 nitrogen and oxygen atoms in total. The standard InChI is InChI=1S/C31H37N3O4S/c1-23-8-10-25(11-9-23)12-13-29-30(24(2)32-38-29)39(36,37)34-20-16-28(17-21-34)31(35)33-18-14-27(15-19-33)22-26-6-4-3-5-7-26/h3-13,27-28H,14-22H2,1-2H3/b13-12+. The van der Waals surface area contributed by atoms with Crippen molar-refractivity contribution in [2.75, 3.05) is 26.2 Å². The molecule has 0 aliphatic carbocycles. The number of aryl methyl sites for hydroxylation is 2. The summed E-state index contributed by atoms with van der Waals surface area (Å²) >= 11 is 0. The highest BCUT2D eigenvalue weighted by Crippen LogP contribution is 2.31. The predicted octanol–water partition coefficient (Wildman–Crippen LogP) is 5.34. The van der Waals surface area contributed by atoms with Crippen LogP contribution in [0.15, 0.2) is 64.0 Å². The summed E-state index contributed by atoms with van der Waals surface area (Å²) in [6.45, 7) is 5.86. The van der Waals surface area contributed by atoms with E-state index in [1.165, 1.54) is 9.87 Å². The van der Waals surface area contributed by atoms with Gasteiger partial charge in [-0.05, 0) is 69.1 Å². The highest BCUT2D eigenvalue weighted by atomic mass is 32.2. The quantitative estimate of drug-likeness (QED) is 0.399. The molecule has 2 aliphatic heterocycles. The van der Waals surface area contributed by atoms with E-state index < -0.39 is 10.0 Å². The number of hydrogen-bond acceptors (Lipinski definition) is 5. The number of hydrogen-bond donors (Lipinski definition) is 0. The van der Waals surface area contributed by atoms with Gasteiger partial charge in [0.2, 0.25) is 15.9 Å². The summed E-state index contributed by atoms with van der Waals surface area (Å²) in [6.07, 6.45) is 7.63. The van der Waals surface area contributed by atoms with Crippen molar-refractivity contribution >= 4 is 28.1 Å². The lowest BCUT2D eigenvalue weighted by atomic mass is 9.89. The molecule has 8 heteroatoms. The molecule has 0 spiro atoms. The van der Waals surface area contributed by atoms with Gasteiger partial charge in [0.15, 0.2) is 10.7 Å². The fourth-order valence-electron chi connectivity index (χ4n) is 5.68. The van der Waals surface area contributed by atoms with Gasteiger partial charge in [0.1, 0.15) is 5.69 Å². The van der Waals surface area contributed by atoms with Crippen LogP contribution in [0, 0.1) is 25.7 Å². The normalized spacial score (nSPS) is 18.2. The smallest absolute Gasteiger partial charge is 0.248 e. The number of benzene rings is 2. The van der Waals surface area contributed by atoms with Crippen molar-refractivity contribution in [2.24, 2.45) is 11.8 Å². The van der Waals surface area contributed by atoms with E-state index in [1.54, 1.807) is 13.0 Å². The van der Waals surface area contributed by atoms with Gasteiger partial charge in [0, 0.05) is 32.1 Å². The maximum atomic E-state index is 13.6. The number of amides is 1. The van der Waals surface area contributed by atoms with Crippen LogP contribution in [0.1, 0.15) is 53.8 Å². The van der Waals surface area contributed by atoms with E-state index in [4.69, 9.17) is 4.52 Å². The molecule has 2 aromatic carbocycles. The van der Waals surface area contributed by atoms with Crippen molar-refractivity contribution in [1.82, 2.24) is 14.4 Å². The van der Waals surface area contributed by atoms with Crippen molar-refractivity contribution in [3.05, 3.63) is 82.7 Å². The molecule has 2 fully saturated rings. The van der Waals surface area contributed by atoms with E-state index in [0.29, 0.717) is 37.5 Å². The molecule has 0 unspecified atom stereocenters. The van der Waals surface area contributed by atoms with Crippen LogP contribution in [-0.4, -0.2) is 54.9 Å². The second kappa shape index (κ2) is 11.9. The van der Waals surface area contributed by atoms with E-state index >= 15 is 0 Å². The third-order valence-corrected chi connectivity index (χ3v) is 10.1. The van der Waals surface area contributed by atoms with Crippen molar-refractivity contribution in [3.63, 3.8) is 0 Å². The third kappa shape index (κ3) is 6.34. The van der Waals surface area contributed by atoms with E-state index in [-0.39, 0.29) is 22.5 Å². The van der Waals surface area contributed by atoms with Crippen LogP contribution in [0.4, 0.5) is 0 Å². The van der Waals surface area contributed by atoms with Crippen molar-refractivity contribution < 1.29 is 17.7 Å². The first-order valence-electron chi connectivity index (χ1n) is 13.8. The van der Waals surface area contributed by atoms with Crippen molar-refractivity contribution in [1.29, 1.82) is 0 Å². The highest BCUT2D eigenvalue weighted by Gasteiger charge is 2.37. The molecule has 0 N–H and O–H groups in total. The Morgan fingerprint density at radius 1 is 0.923 bits per heavy atom. The van der Waals surface area contributed by atoms with Crippen LogP contribution >= 0.6 is 0 Å². The number of sulfonamides is 1. The summed E-state index contributed by atoms with van der Waals surface area (Å²) in [6, 6.07) is 18.5. The number of aromatic nitrogens is 1. The largest absolute Gasteiger partial charge is 0.355 e. The minimum atomic E-state index is -3.80. The van der Waals surface area contributed by atoms with E-state index in [0.717, 1.165) is 43.5 Å². The fourth-order valence-corrected chi connectivity index (χ4v) is 7.40. The minimum Gasteiger partial charge on any atom is -0.355 e. The van der Waals surface area contributed by atoms with Gasteiger partial charge in [0.05, 0.1) is 0 Å². The first kappa shape index (κ1) is 27.3. The Morgan fingerprint density at radius 3 is 2.26 bits per heavy atom. The lowest BCUT2D eigenvalue weighted by Gasteiger charge is -2.37. The van der Waals surface area contributed by atoms with Gasteiger partial charge in [-0.25, -0.2) is 8.42 Å². The van der Waals surface area contributed by atoms with E-state index in [1.807, 2.05) is 48.2 Å². The van der Waals surface area contributed by atoms with Crippen LogP contribution in [0.2, 0.25) is 0 Å². The Labute approximate surface area is 231 Å². The molecule has 0 atom stereocenters. The molecule has 2 aliphatic rings. The van der Waals surface area contributed by atoms with Crippen LogP contribution in [0.5, 0.6) is 0 Å². The topological polar surface area (TPSA) is 83.7 Å². The summed E-state index contributed by atoms with van der Waals surface area (Å²) in [5.41, 5.74) is 3.80. The zero-order chi connectivity index (χ0) is 27.4. The lowest BCUT2D eigenvalue weighted by Crippen LogP contribution is -2.46. The maximum Gasteiger partial charge on any atom is 0.248 e. The lowest BCUT2D eigenvalue weighted by molar-refractivity contribution is -0.138. The molecule has 3 heterocycles. The fraction of sp³-hybridized carbons (Fsp3) is 0.419. The first-order valence-corrected chi connectivity index (χ1v) is 15.3. The van der Waals surface area contributed by atoms with Gasteiger partial charge in [-0.15, -0.1) is 0 Å². The van der Waals surface area contributed by atoms with Crippen LogP contribution in [0.3, 0.4) is 0 Å². The van der Waals surface area contributed by atoms with Gasteiger partial charge in [-0.3, -0.25) is 4.79 Å². The molecule has 0 bridgehead atoms. The summed E-state index contributed by atoms with van der Waals surface area (Å²) in [7, 11) is -3.80. The summed E-state index contributed by atoms with van der Waals surface area (Å²) in [4.78, 5) is 15.4. The zero-order valence-electron chi connectivity index (χ0n) is 22.8. The molecule has 3 aromatic rings. The molecule has 0 saturated carbocycles. The first-order chi connectivity index (χ1) is 18.8. The van der Waals surface area contributed by atoms with Crippen molar-refractivity contribution in [2.45, 2.75) is 50.8 Å². The minimum absolute atomic E-state index is 0.108. The molecular weight excluding hydrogens is 510 g/mol. The SMILES string of the molecule is Cc1ccc(/C=C/c2onc(C)c2S(=O)(=O)N2CCC(C(=O)N3CCC(Cc4ccccc4)CC3)CC2)cc1. The summed E-state index contributed by atoms with van der Waals surface area (Å²) in [5, 5.41) is 3.95. The zero-order valence-corrected chi connectivity index (χ0v) is 23.6. The molecule has 1 aromatic heterocycles. The Morgan fingerprint density at radius 2 is 1.59 bits per heavy atom. The monoisotopic (exact) mass is 547 g/mol. The predicted molar refractivity (Wildman–Crippen MR) is 152 cm³/mol. The van der Waals surface area contributed by atoms with E-state index in [2.05, 4.69) is 29.4 Å². The van der Waals surface area contributed by atoms with Gasteiger partial charge >= 0.3 is 0 Å². The highest BCUT2D eigenvalue weighted by molar-refractivity contribution is 7.89. The number of nitrogens with zero attached hydrogens (tertiary/aromatic N) is 3. The Balaban J connectivity index is 1.17. The average Bonchev–Trinajstić information content (AvgIpc) is 3.34. The Hall–Kier alpha value is -3.23. The maximum absolute atomic E-state index is 13.6. The summed E-state index contributed by atoms with van der Waals surface area (Å²) in [5.74, 6) is 0.869. The van der Waals surface area contributed by atoms with Crippen LogP contribution in [-0.2, 0) is 21.2 Å². The Bertz CT molecular complexity index is 1400. The molecular formula is C31H37N3O4S. The number of piperidine rings is 2. The van der Waals surface area contributed by atoms with E-state index in [9.17, 15) is 13.2 Å². The number of carbonyl (C=O) groups excluding carboxylic acids is 1. The van der Waals surface area contributed by atoms with Crippen LogP contribution < -0.4 is 0 Å². The second-order valence-electron chi connectivity index (χ2n) is 10.8. The van der Waals surface area contributed by atoms with Gasteiger partial charge in [0.25, 0.3) is 0 Å². The van der Waals surface area contributed by atoms with Gasteiger partial charge in [-0.1, -0.05) is 71.4 Å². The van der Waals surface area contributed by atoms with Gasteiger partial charge in [-0.2, -0.15) is 4.31 Å². The third-order valence-electron chi connectivity index (χ3n) is 8.03. The molecule has 1 amide bonds. The number of likely N-dealkylation sites (tertiary alicyclic amines) is 1. The molecule has 2 saturated heterocycles. The number of carbonyl (C=O) groups is 1. The second-order valence-corrected chi connectivity index (χ2v) is 12.7. The van der Waals surface area contributed by atoms with Crippen LogP contribution in [0.25, 0.3) is 12.2 Å². The number of rotatable bonds is 7. The molecule has 5 rings (SSSR count). The average molecular weight is 548 g/mol. The Kier molecular flexibility index (Phi) is 8.33. The van der Waals surface area contributed by atoms with Gasteiger partial charge < -0.3 is 9.42 Å². The molecule has 206 valence electrons. The molecule has 0 radical (unpaired) electrons.